The van der Waals surface area contributed by atoms with Gasteiger partial charge in [-0.1, -0.05) is 36.7 Å². The zero-order chi connectivity index (χ0) is 17.7. The Morgan fingerprint density at radius 2 is 2.00 bits per heavy atom. The first-order valence-corrected chi connectivity index (χ1v) is 8.86. The predicted molar refractivity (Wildman–Crippen MR) is 100 cm³/mol. The Bertz CT molecular complexity index is 661. The van der Waals surface area contributed by atoms with E-state index in [1.54, 1.807) is 0 Å². The summed E-state index contributed by atoms with van der Waals surface area (Å²) in [4.78, 5) is 0. The maximum atomic E-state index is 9.01. The van der Waals surface area contributed by atoms with Crippen LogP contribution in [0.2, 0.25) is 5.02 Å². The Labute approximate surface area is 149 Å². The van der Waals surface area contributed by atoms with Crippen LogP contribution < -0.4 is 5.32 Å². The van der Waals surface area contributed by atoms with Crippen molar-refractivity contribution < 1.29 is 5.11 Å². The van der Waals surface area contributed by atoms with E-state index in [-0.39, 0.29) is 12.1 Å². The molecule has 0 aliphatic carbocycles. The van der Waals surface area contributed by atoms with E-state index < -0.39 is 0 Å². The predicted octanol–water partition coefficient (Wildman–Crippen LogP) is 4.07. The van der Waals surface area contributed by atoms with Crippen molar-refractivity contribution in [3.63, 3.8) is 0 Å². The van der Waals surface area contributed by atoms with Crippen LogP contribution in [-0.2, 0) is 12.1 Å². The Hall–Kier alpha value is -1.36. The highest BCUT2D eigenvalue weighted by Crippen LogP contribution is 2.30. The zero-order valence-corrected chi connectivity index (χ0v) is 15.8. The molecule has 24 heavy (non-hydrogen) atoms. The Morgan fingerprint density at radius 3 is 2.62 bits per heavy atom. The molecule has 0 bridgehead atoms. The van der Waals surface area contributed by atoms with Gasteiger partial charge >= 0.3 is 0 Å². The van der Waals surface area contributed by atoms with Gasteiger partial charge in [0, 0.05) is 30.5 Å². The van der Waals surface area contributed by atoms with Crippen molar-refractivity contribution in [2.75, 3.05) is 13.2 Å². The largest absolute Gasteiger partial charge is 0.396 e. The highest BCUT2D eigenvalue weighted by atomic mass is 35.5. The number of aliphatic hydroxyl groups excluding tert-OH is 1. The Kier molecular flexibility index (Phi) is 6.44. The van der Waals surface area contributed by atoms with Gasteiger partial charge in [0.25, 0.3) is 0 Å². The average molecular weight is 350 g/mol. The molecule has 1 unspecified atom stereocenters. The van der Waals surface area contributed by atoms with Crippen molar-refractivity contribution in [1.29, 1.82) is 0 Å². The molecule has 0 fully saturated rings. The van der Waals surface area contributed by atoms with E-state index in [1.165, 1.54) is 0 Å². The normalized spacial score (nSPS) is 13.2. The lowest BCUT2D eigenvalue weighted by Gasteiger charge is -2.19. The van der Waals surface area contributed by atoms with Crippen molar-refractivity contribution in [1.82, 2.24) is 15.1 Å². The van der Waals surface area contributed by atoms with E-state index in [2.05, 4.69) is 39.2 Å². The smallest absolute Gasteiger partial charge is 0.0983 e. The molecule has 0 spiro atoms. The summed E-state index contributed by atoms with van der Waals surface area (Å²) in [6.45, 7) is 10.4. The van der Waals surface area contributed by atoms with E-state index in [4.69, 9.17) is 21.8 Å². The molecule has 0 aliphatic heterocycles. The molecule has 0 amide bonds. The van der Waals surface area contributed by atoms with Crippen LogP contribution in [0.5, 0.6) is 0 Å². The van der Waals surface area contributed by atoms with Crippen molar-refractivity contribution in [3.8, 4) is 11.3 Å². The molecule has 132 valence electrons. The first kappa shape index (κ1) is 19.0. The number of aromatic nitrogens is 2. The molecule has 2 aromatic rings. The second-order valence-corrected chi connectivity index (χ2v) is 7.75. The first-order chi connectivity index (χ1) is 11.3. The minimum atomic E-state index is -0.0849. The van der Waals surface area contributed by atoms with Crippen LogP contribution in [0.25, 0.3) is 11.3 Å². The highest BCUT2D eigenvalue weighted by molar-refractivity contribution is 6.33. The summed E-state index contributed by atoms with van der Waals surface area (Å²) < 4.78 is 2.00. The minimum absolute atomic E-state index is 0.0849. The van der Waals surface area contributed by atoms with Gasteiger partial charge in [-0.25, -0.2) is 0 Å². The fourth-order valence-electron chi connectivity index (χ4n) is 2.54. The van der Waals surface area contributed by atoms with Crippen LogP contribution >= 0.6 is 11.6 Å². The summed E-state index contributed by atoms with van der Waals surface area (Å²) in [6.07, 6.45) is 2.91. The molecule has 0 saturated heterocycles. The Balaban J connectivity index is 2.25. The third kappa shape index (κ3) is 4.82. The lowest BCUT2D eigenvalue weighted by molar-refractivity contribution is 0.260. The summed E-state index contributed by atoms with van der Waals surface area (Å²) in [5, 5.41) is 18.0. The molecule has 2 N–H and O–H groups in total. The number of nitrogens with one attached hydrogen (secondary N) is 1. The molecule has 4 nitrogen and oxygen atoms in total. The summed E-state index contributed by atoms with van der Waals surface area (Å²) in [5.74, 6) is 0.441. The van der Waals surface area contributed by atoms with E-state index >= 15 is 0 Å². The number of halogens is 1. The van der Waals surface area contributed by atoms with E-state index in [1.807, 2.05) is 28.9 Å². The van der Waals surface area contributed by atoms with Crippen molar-refractivity contribution in [3.05, 3.63) is 41.0 Å². The van der Waals surface area contributed by atoms with Crippen LogP contribution in [0.1, 0.15) is 39.7 Å². The van der Waals surface area contributed by atoms with Crippen molar-refractivity contribution in [2.24, 2.45) is 5.92 Å². The van der Waals surface area contributed by atoms with Crippen LogP contribution in [0, 0.1) is 5.92 Å². The lowest BCUT2D eigenvalue weighted by Crippen LogP contribution is -2.23. The molecule has 2 rings (SSSR count). The number of aliphatic hydroxyl groups is 1. The van der Waals surface area contributed by atoms with Gasteiger partial charge in [0.1, 0.15) is 0 Å². The standard InChI is InChI=1S/C19H28ClN3O/c1-14(9-10-24)11-21-12-15-13-23(19(2,3)4)22-18(15)16-7-5-6-8-17(16)20/h5-8,13-14,21,24H,9-12H2,1-4H3. The van der Waals surface area contributed by atoms with Gasteiger partial charge in [-0.15, -0.1) is 0 Å². The summed E-state index contributed by atoms with van der Waals surface area (Å²) in [6, 6.07) is 7.82. The van der Waals surface area contributed by atoms with Gasteiger partial charge in [-0.2, -0.15) is 5.10 Å². The molecule has 0 saturated carbocycles. The van der Waals surface area contributed by atoms with Crippen LogP contribution in [0.4, 0.5) is 0 Å². The first-order valence-electron chi connectivity index (χ1n) is 8.48. The topological polar surface area (TPSA) is 50.1 Å². The van der Waals surface area contributed by atoms with E-state index in [0.29, 0.717) is 10.9 Å². The Morgan fingerprint density at radius 1 is 1.29 bits per heavy atom. The number of hydrogen-bond donors (Lipinski definition) is 2. The molecule has 1 heterocycles. The summed E-state index contributed by atoms with van der Waals surface area (Å²) in [7, 11) is 0. The minimum Gasteiger partial charge on any atom is -0.396 e. The number of nitrogens with zero attached hydrogens (tertiary/aromatic N) is 2. The zero-order valence-electron chi connectivity index (χ0n) is 15.0. The van der Waals surface area contributed by atoms with Gasteiger partial charge in [-0.05, 0) is 45.7 Å². The molecule has 0 radical (unpaired) electrons. The van der Waals surface area contributed by atoms with Crippen molar-refractivity contribution in [2.45, 2.75) is 46.2 Å². The maximum Gasteiger partial charge on any atom is 0.0983 e. The van der Waals surface area contributed by atoms with Crippen LogP contribution in [0.15, 0.2) is 30.5 Å². The highest BCUT2D eigenvalue weighted by Gasteiger charge is 2.20. The van der Waals surface area contributed by atoms with Gasteiger partial charge in [-0.3, -0.25) is 4.68 Å². The third-order valence-corrected chi connectivity index (χ3v) is 4.37. The quantitative estimate of drug-likeness (QED) is 0.792. The van der Waals surface area contributed by atoms with Gasteiger partial charge in [0.2, 0.25) is 0 Å². The van der Waals surface area contributed by atoms with Crippen molar-refractivity contribution >= 4 is 11.6 Å². The average Bonchev–Trinajstić information content (AvgIpc) is 2.92. The summed E-state index contributed by atoms with van der Waals surface area (Å²) >= 11 is 6.38. The number of rotatable bonds is 7. The SMILES string of the molecule is CC(CCO)CNCc1cn(C(C)(C)C)nc1-c1ccccc1Cl. The lowest BCUT2D eigenvalue weighted by atomic mass is 10.1. The number of hydrogen-bond acceptors (Lipinski definition) is 3. The molecule has 5 heteroatoms. The molecule has 0 aliphatic rings. The monoisotopic (exact) mass is 349 g/mol. The molecule has 1 aromatic heterocycles. The molecular formula is C19H28ClN3O. The van der Waals surface area contributed by atoms with Crippen LogP contribution in [-0.4, -0.2) is 28.0 Å². The van der Waals surface area contributed by atoms with E-state index in [0.717, 1.165) is 36.3 Å². The second kappa shape index (κ2) is 8.15. The molecular weight excluding hydrogens is 322 g/mol. The number of benzene rings is 1. The van der Waals surface area contributed by atoms with E-state index in [9.17, 15) is 0 Å². The molecule has 1 aromatic carbocycles. The third-order valence-electron chi connectivity index (χ3n) is 4.04. The summed E-state index contributed by atoms with van der Waals surface area (Å²) in [5.41, 5.74) is 2.94. The maximum absolute atomic E-state index is 9.01. The molecule has 1 atom stereocenters. The fourth-order valence-corrected chi connectivity index (χ4v) is 2.76. The van der Waals surface area contributed by atoms with Gasteiger partial charge in [0.15, 0.2) is 0 Å². The van der Waals surface area contributed by atoms with Crippen LogP contribution in [0.3, 0.4) is 0 Å². The second-order valence-electron chi connectivity index (χ2n) is 7.35. The van der Waals surface area contributed by atoms with Gasteiger partial charge < -0.3 is 10.4 Å². The van der Waals surface area contributed by atoms with Gasteiger partial charge in [0.05, 0.1) is 16.3 Å². The fraction of sp³-hybridized carbons (Fsp3) is 0.526.